The van der Waals surface area contributed by atoms with Gasteiger partial charge < -0.3 is 10.6 Å². The number of carbonyl (C=O) groups excluding carboxylic acids is 1. The molecule has 3 nitrogen and oxygen atoms in total. The molecule has 4 rings (SSSR count). The Bertz CT molecular complexity index is 747. The highest BCUT2D eigenvalue weighted by Crippen LogP contribution is 2.43. The normalized spacial score (nSPS) is 22.8. The van der Waals surface area contributed by atoms with Gasteiger partial charge in [0, 0.05) is 4.88 Å². The van der Waals surface area contributed by atoms with E-state index in [0.29, 0.717) is 0 Å². The van der Waals surface area contributed by atoms with Crippen LogP contribution < -0.4 is 10.6 Å². The standard InChI is InChI=1S/C19H22N2OS/c1-3-12-6-9-14-15(10-12)23-19-16(14)18(22)20-17(21-19)13-7-4-11(2)5-8-13/h4-5,7-8,12,17,21H,3,6,9-10H2,1-2H3,(H,20,22)/t12-,17-/m0/s1. The van der Waals surface area contributed by atoms with Gasteiger partial charge in [-0.25, -0.2) is 0 Å². The number of hydrogen-bond donors (Lipinski definition) is 2. The van der Waals surface area contributed by atoms with Crippen LogP contribution in [0.15, 0.2) is 24.3 Å². The van der Waals surface area contributed by atoms with Crippen molar-refractivity contribution in [2.75, 3.05) is 5.32 Å². The molecule has 2 N–H and O–H groups in total. The maximum atomic E-state index is 12.7. The third kappa shape index (κ3) is 2.55. The lowest BCUT2D eigenvalue weighted by Gasteiger charge is -2.27. The first-order valence-electron chi connectivity index (χ1n) is 8.44. The molecular weight excluding hydrogens is 304 g/mol. The number of aryl methyl sites for hydroxylation is 1. The highest BCUT2D eigenvalue weighted by atomic mass is 32.1. The number of nitrogens with one attached hydrogen (secondary N) is 2. The summed E-state index contributed by atoms with van der Waals surface area (Å²) in [7, 11) is 0. The topological polar surface area (TPSA) is 41.1 Å². The summed E-state index contributed by atoms with van der Waals surface area (Å²) in [6, 6.07) is 8.34. The minimum Gasteiger partial charge on any atom is -0.353 e. The predicted molar refractivity (Wildman–Crippen MR) is 95.1 cm³/mol. The minimum absolute atomic E-state index is 0.0803. The molecule has 0 unspecified atom stereocenters. The summed E-state index contributed by atoms with van der Waals surface area (Å²) in [4.78, 5) is 14.1. The highest BCUT2D eigenvalue weighted by molar-refractivity contribution is 7.16. The molecule has 0 bridgehead atoms. The summed E-state index contributed by atoms with van der Waals surface area (Å²) in [5.41, 5.74) is 4.53. The molecule has 120 valence electrons. The molecule has 4 heteroatoms. The monoisotopic (exact) mass is 326 g/mol. The average molecular weight is 326 g/mol. The lowest BCUT2D eigenvalue weighted by atomic mass is 9.85. The number of amides is 1. The summed E-state index contributed by atoms with van der Waals surface area (Å²) in [6.45, 7) is 4.34. The predicted octanol–water partition coefficient (Wildman–Crippen LogP) is 4.43. The Kier molecular flexibility index (Phi) is 3.64. The minimum atomic E-state index is -0.127. The molecule has 0 spiro atoms. The van der Waals surface area contributed by atoms with Crippen LogP contribution in [-0.2, 0) is 12.8 Å². The lowest BCUT2D eigenvalue weighted by Crippen LogP contribution is -2.38. The Labute approximate surface area is 141 Å². The highest BCUT2D eigenvalue weighted by Gasteiger charge is 2.33. The van der Waals surface area contributed by atoms with Crippen molar-refractivity contribution in [1.82, 2.24) is 5.32 Å². The number of hydrogen-bond acceptors (Lipinski definition) is 3. The summed E-state index contributed by atoms with van der Waals surface area (Å²) < 4.78 is 0. The first-order chi connectivity index (χ1) is 11.2. The number of carbonyl (C=O) groups is 1. The van der Waals surface area contributed by atoms with Gasteiger partial charge in [-0.1, -0.05) is 43.2 Å². The molecule has 1 aromatic heterocycles. The van der Waals surface area contributed by atoms with Crippen LogP contribution in [0.5, 0.6) is 0 Å². The molecule has 2 aromatic rings. The van der Waals surface area contributed by atoms with Gasteiger partial charge in [-0.2, -0.15) is 0 Å². The molecular formula is C19H22N2OS. The van der Waals surface area contributed by atoms with E-state index in [4.69, 9.17) is 0 Å². The molecule has 2 aliphatic rings. The molecule has 1 aliphatic carbocycles. The second kappa shape index (κ2) is 5.68. The van der Waals surface area contributed by atoms with Crippen molar-refractivity contribution in [2.45, 2.75) is 45.7 Å². The van der Waals surface area contributed by atoms with Crippen molar-refractivity contribution in [3.63, 3.8) is 0 Å². The van der Waals surface area contributed by atoms with Crippen LogP contribution in [0.25, 0.3) is 0 Å². The molecule has 0 saturated heterocycles. The van der Waals surface area contributed by atoms with Gasteiger partial charge in [-0.15, -0.1) is 11.3 Å². The molecule has 0 radical (unpaired) electrons. The molecule has 1 aromatic carbocycles. The third-order valence-electron chi connectivity index (χ3n) is 5.13. The van der Waals surface area contributed by atoms with Gasteiger partial charge in [0.1, 0.15) is 11.2 Å². The summed E-state index contributed by atoms with van der Waals surface area (Å²) >= 11 is 1.79. The van der Waals surface area contributed by atoms with E-state index in [1.54, 1.807) is 11.3 Å². The second-order valence-corrected chi connectivity index (χ2v) is 7.79. The summed E-state index contributed by atoms with van der Waals surface area (Å²) in [5.74, 6) is 0.857. The number of rotatable bonds is 2. The Hall–Kier alpha value is -1.81. The van der Waals surface area contributed by atoms with Gasteiger partial charge in [0.2, 0.25) is 0 Å². The zero-order valence-electron chi connectivity index (χ0n) is 13.6. The van der Waals surface area contributed by atoms with Crippen LogP contribution in [0.3, 0.4) is 0 Å². The Morgan fingerprint density at radius 1 is 1.22 bits per heavy atom. The largest absolute Gasteiger partial charge is 0.353 e. The van der Waals surface area contributed by atoms with Gasteiger partial charge in [-0.05, 0) is 43.2 Å². The molecule has 1 aliphatic heterocycles. The zero-order chi connectivity index (χ0) is 16.0. The van der Waals surface area contributed by atoms with Crippen molar-refractivity contribution < 1.29 is 4.79 Å². The van der Waals surface area contributed by atoms with E-state index in [-0.39, 0.29) is 12.1 Å². The maximum absolute atomic E-state index is 12.7. The van der Waals surface area contributed by atoms with Gasteiger partial charge in [0.25, 0.3) is 5.91 Å². The number of thiophene rings is 1. The number of anilines is 1. The zero-order valence-corrected chi connectivity index (χ0v) is 14.4. The Balaban J connectivity index is 1.66. The first-order valence-corrected chi connectivity index (χ1v) is 9.26. The fourth-order valence-electron chi connectivity index (χ4n) is 3.64. The van der Waals surface area contributed by atoms with E-state index < -0.39 is 0 Å². The van der Waals surface area contributed by atoms with Crippen molar-refractivity contribution >= 4 is 22.2 Å². The molecule has 2 atom stereocenters. The van der Waals surface area contributed by atoms with Crippen LogP contribution in [0.4, 0.5) is 5.00 Å². The smallest absolute Gasteiger partial charge is 0.256 e. The van der Waals surface area contributed by atoms with Crippen LogP contribution in [0.1, 0.15) is 57.9 Å². The Morgan fingerprint density at radius 2 is 2.00 bits per heavy atom. The molecule has 2 heterocycles. The van der Waals surface area contributed by atoms with Crippen LogP contribution in [0, 0.1) is 12.8 Å². The van der Waals surface area contributed by atoms with Gasteiger partial charge >= 0.3 is 0 Å². The van der Waals surface area contributed by atoms with E-state index in [1.807, 2.05) is 0 Å². The van der Waals surface area contributed by atoms with Crippen molar-refractivity contribution in [3.05, 3.63) is 51.4 Å². The summed E-state index contributed by atoms with van der Waals surface area (Å²) in [5, 5.41) is 7.72. The van der Waals surface area contributed by atoms with Gasteiger partial charge in [0.05, 0.1) is 5.56 Å². The summed E-state index contributed by atoms with van der Waals surface area (Å²) in [6.07, 6.45) is 4.49. The van der Waals surface area contributed by atoms with Gasteiger partial charge in [-0.3, -0.25) is 4.79 Å². The molecule has 0 saturated carbocycles. The van der Waals surface area contributed by atoms with Crippen molar-refractivity contribution in [3.8, 4) is 0 Å². The fraction of sp³-hybridized carbons (Fsp3) is 0.421. The van der Waals surface area contributed by atoms with E-state index in [0.717, 1.165) is 34.9 Å². The third-order valence-corrected chi connectivity index (χ3v) is 6.32. The number of benzene rings is 1. The van der Waals surface area contributed by atoms with E-state index in [1.165, 1.54) is 28.8 Å². The van der Waals surface area contributed by atoms with E-state index >= 15 is 0 Å². The molecule has 1 amide bonds. The maximum Gasteiger partial charge on any atom is 0.256 e. The van der Waals surface area contributed by atoms with Crippen LogP contribution in [-0.4, -0.2) is 5.91 Å². The van der Waals surface area contributed by atoms with Gasteiger partial charge in [0.15, 0.2) is 0 Å². The van der Waals surface area contributed by atoms with E-state index in [2.05, 4.69) is 48.7 Å². The van der Waals surface area contributed by atoms with Crippen LogP contribution >= 0.6 is 11.3 Å². The second-order valence-electron chi connectivity index (χ2n) is 6.69. The van der Waals surface area contributed by atoms with Crippen LogP contribution in [0.2, 0.25) is 0 Å². The first kappa shape index (κ1) is 14.8. The SMILES string of the molecule is CC[C@H]1CCc2c(sc3c2C(=O)N[C@H](c2ccc(C)cc2)N3)C1. The molecule has 23 heavy (non-hydrogen) atoms. The number of fused-ring (bicyclic) bond motifs is 3. The van der Waals surface area contributed by atoms with E-state index in [9.17, 15) is 4.79 Å². The Morgan fingerprint density at radius 3 is 2.74 bits per heavy atom. The quantitative estimate of drug-likeness (QED) is 0.857. The van der Waals surface area contributed by atoms with Crippen molar-refractivity contribution in [2.24, 2.45) is 5.92 Å². The average Bonchev–Trinajstić information content (AvgIpc) is 2.93. The molecule has 0 fully saturated rings. The van der Waals surface area contributed by atoms with Crippen molar-refractivity contribution in [1.29, 1.82) is 0 Å². The fourth-order valence-corrected chi connectivity index (χ4v) is 5.03. The lowest BCUT2D eigenvalue weighted by molar-refractivity contribution is 0.0935.